The van der Waals surface area contributed by atoms with Crippen LogP contribution in [0.4, 0.5) is 10.8 Å². The molecule has 0 saturated carbocycles. The number of rotatable bonds is 4. The van der Waals surface area contributed by atoms with E-state index in [4.69, 9.17) is 0 Å². The van der Waals surface area contributed by atoms with Crippen LogP contribution in [0.1, 0.15) is 10.9 Å². The lowest BCUT2D eigenvalue weighted by Crippen LogP contribution is -2.27. The highest BCUT2D eigenvalue weighted by atomic mass is 32.2. The first-order valence-corrected chi connectivity index (χ1v) is 9.57. The first kappa shape index (κ1) is 16.7. The predicted octanol–water partition coefficient (Wildman–Crippen LogP) is 3.89. The van der Waals surface area contributed by atoms with Crippen molar-refractivity contribution >= 4 is 39.8 Å². The monoisotopic (exact) mass is 384 g/mol. The van der Waals surface area contributed by atoms with Crippen LogP contribution in [0.25, 0.3) is 10.6 Å². The van der Waals surface area contributed by atoms with E-state index in [0.717, 1.165) is 16.1 Å². The van der Waals surface area contributed by atoms with E-state index in [-0.39, 0.29) is 17.0 Å². The van der Waals surface area contributed by atoms with E-state index in [9.17, 15) is 14.9 Å². The number of anilines is 1. The number of aromatic nitrogens is 2. The van der Waals surface area contributed by atoms with Gasteiger partial charge in [-0.05, 0) is 17.7 Å². The fraction of sp³-hybridized carbons (Fsp3) is 0.118. The summed E-state index contributed by atoms with van der Waals surface area (Å²) in [6, 6.07) is 15.9. The van der Waals surface area contributed by atoms with E-state index in [1.165, 1.54) is 35.2 Å². The highest BCUT2D eigenvalue weighted by molar-refractivity contribution is 8.00. The van der Waals surface area contributed by atoms with Gasteiger partial charge in [-0.15, -0.1) is 22.0 Å². The van der Waals surface area contributed by atoms with E-state index in [0.29, 0.717) is 10.9 Å². The van der Waals surface area contributed by atoms with E-state index in [1.54, 1.807) is 17.0 Å². The van der Waals surface area contributed by atoms with Gasteiger partial charge in [0.2, 0.25) is 11.0 Å². The third-order valence-electron chi connectivity index (χ3n) is 3.90. The second-order valence-corrected chi connectivity index (χ2v) is 7.56. The maximum Gasteiger partial charge on any atom is 0.269 e. The number of carbonyl (C=O) groups is 1. The molecule has 0 bridgehead atoms. The normalized spacial score (nSPS) is 16.8. The van der Waals surface area contributed by atoms with E-state index in [1.807, 2.05) is 30.3 Å². The standard InChI is InChI=1S/C17H12N4O3S2/c22-14-10-25-16(12-6-8-13(9-7-12)21(23)24)20(14)17-19-18-15(26-17)11-4-2-1-3-5-11/h1-9,16H,10H2. The fourth-order valence-corrected chi connectivity index (χ4v) is 4.77. The Morgan fingerprint density at radius 1 is 1.08 bits per heavy atom. The lowest BCUT2D eigenvalue weighted by molar-refractivity contribution is -0.384. The first-order valence-electron chi connectivity index (χ1n) is 7.70. The topological polar surface area (TPSA) is 89.2 Å². The summed E-state index contributed by atoms with van der Waals surface area (Å²) in [5.41, 5.74) is 1.79. The summed E-state index contributed by atoms with van der Waals surface area (Å²) in [7, 11) is 0. The van der Waals surface area contributed by atoms with Gasteiger partial charge in [0.05, 0.1) is 10.7 Å². The Morgan fingerprint density at radius 3 is 2.50 bits per heavy atom. The van der Waals surface area contributed by atoms with E-state index >= 15 is 0 Å². The Labute approximate surface area is 156 Å². The van der Waals surface area contributed by atoms with Gasteiger partial charge in [0.15, 0.2) is 0 Å². The quantitative estimate of drug-likeness (QED) is 0.501. The molecule has 0 aliphatic carbocycles. The summed E-state index contributed by atoms with van der Waals surface area (Å²) in [6.45, 7) is 0. The molecule has 1 aromatic heterocycles. The maximum atomic E-state index is 12.4. The second-order valence-electron chi connectivity index (χ2n) is 5.53. The van der Waals surface area contributed by atoms with Crippen molar-refractivity contribution in [2.24, 2.45) is 0 Å². The number of hydrogen-bond donors (Lipinski definition) is 0. The summed E-state index contributed by atoms with van der Waals surface area (Å²) < 4.78 is 0. The van der Waals surface area contributed by atoms with Crippen LogP contribution in [-0.2, 0) is 4.79 Å². The van der Waals surface area contributed by atoms with Crippen LogP contribution < -0.4 is 4.90 Å². The minimum Gasteiger partial charge on any atom is -0.273 e. The van der Waals surface area contributed by atoms with Gasteiger partial charge < -0.3 is 0 Å². The van der Waals surface area contributed by atoms with Gasteiger partial charge in [0, 0.05) is 17.7 Å². The molecule has 0 spiro atoms. The molecule has 0 N–H and O–H groups in total. The largest absolute Gasteiger partial charge is 0.273 e. The third-order valence-corrected chi connectivity index (χ3v) is 6.08. The molecule has 9 heteroatoms. The van der Waals surface area contributed by atoms with Gasteiger partial charge in [-0.25, -0.2) is 0 Å². The molecule has 1 amide bonds. The Hall–Kier alpha value is -2.78. The maximum absolute atomic E-state index is 12.4. The average Bonchev–Trinajstić information content (AvgIpc) is 3.29. The zero-order valence-corrected chi connectivity index (χ0v) is 14.9. The van der Waals surface area contributed by atoms with Crippen LogP contribution in [0, 0.1) is 10.1 Å². The Kier molecular flexibility index (Phi) is 4.39. The minimum atomic E-state index is -0.439. The molecular formula is C17H12N4O3S2. The van der Waals surface area contributed by atoms with Crippen LogP contribution in [0.5, 0.6) is 0 Å². The first-order chi connectivity index (χ1) is 12.6. The van der Waals surface area contributed by atoms with Crippen molar-refractivity contribution in [3.05, 3.63) is 70.3 Å². The smallest absolute Gasteiger partial charge is 0.269 e. The lowest BCUT2D eigenvalue weighted by Gasteiger charge is -2.20. The summed E-state index contributed by atoms with van der Waals surface area (Å²) >= 11 is 2.83. The second kappa shape index (κ2) is 6.85. The number of benzene rings is 2. The predicted molar refractivity (Wildman–Crippen MR) is 101 cm³/mol. The van der Waals surface area contributed by atoms with Gasteiger partial charge in [0.25, 0.3) is 5.69 Å². The number of thioether (sulfide) groups is 1. The van der Waals surface area contributed by atoms with Crippen molar-refractivity contribution in [2.45, 2.75) is 5.37 Å². The number of nitro benzene ring substituents is 1. The van der Waals surface area contributed by atoms with Crippen molar-refractivity contribution in [3.8, 4) is 10.6 Å². The molecule has 1 fully saturated rings. The zero-order valence-electron chi connectivity index (χ0n) is 13.3. The SMILES string of the molecule is O=C1CSC(c2ccc([N+](=O)[O-])cc2)N1c1nnc(-c2ccccc2)s1. The molecule has 4 rings (SSSR count). The lowest BCUT2D eigenvalue weighted by atomic mass is 10.2. The molecule has 1 atom stereocenters. The van der Waals surface area contributed by atoms with Crippen LogP contribution in [0.15, 0.2) is 54.6 Å². The van der Waals surface area contributed by atoms with Crippen molar-refractivity contribution in [3.63, 3.8) is 0 Å². The summed E-state index contributed by atoms with van der Waals surface area (Å²) in [5.74, 6) is 0.288. The molecule has 1 aliphatic heterocycles. The number of nitrogens with zero attached hydrogens (tertiary/aromatic N) is 4. The highest BCUT2D eigenvalue weighted by Crippen LogP contribution is 2.43. The van der Waals surface area contributed by atoms with Gasteiger partial charge in [0.1, 0.15) is 10.4 Å². The molecule has 130 valence electrons. The molecule has 7 nitrogen and oxygen atoms in total. The number of non-ortho nitro benzene ring substituents is 1. The third kappa shape index (κ3) is 3.06. The molecule has 0 radical (unpaired) electrons. The van der Waals surface area contributed by atoms with Gasteiger partial charge in [-0.3, -0.25) is 19.8 Å². The Bertz CT molecular complexity index is 960. The number of carbonyl (C=O) groups excluding carboxylic acids is 1. The van der Waals surface area contributed by atoms with Crippen LogP contribution in [0.3, 0.4) is 0 Å². The summed E-state index contributed by atoms with van der Waals surface area (Å²) in [6.07, 6.45) is 0. The molecule has 3 aromatic rings. The molecule has 2 aromatic carbocycles. The molecule has 26 heavy (non-hydrogen) atoms. The van der Waals surface area contributed by atoms with Crippen LogP contribution in [0.2, 0.25) is 0 Å². The number of amides is 1. The van der Waals surface area contributed by atoms with E-state index in [2.05, 4.69) is 10.2 Å². The Morgan fingerprint density at radius 2 is 1.81 bits per heavy atom. The van der Waals surface area contributed by atoms with Crippen LogP contribution >= 0.6 is 23.1 Å². The molecule has 1 aliphatic rings. The minimum absolute atomic E-state index is 0.0249. The van der Waals surface area contributed by atoms with Crippen molar-refractivity contribution in [1.29, 1.82) is 0 Å². The van der Waals surface area contributed by atoms with Crippen molar-refractivity contribution < 1.29 is 9.72 Å². The molecular weight excluding hydrogens is 372 g/mol. The van der Waals surface area contributed by atoms with Crippen LogP contribution in [-0.4, -0.2) is 26.8 Å². The van der Waals surface area contributed by atoms with Gasteiger partial charge >= 0.3 is 0 Å². The van der Waals surface area contributed by atoms with E-state index < -0.39 is 4.92 Å². The molecule has 1 saturated heterocycles. The fourth-order valence-electron chi connectivity index (χ4n) is 2.65. The average molecular weight is 384 g/mol. The van der Waals surface area contributed by atoms with Crippen molar-refractivity contribution in [1.82, 2.24) is 10.2 Å². The van der Waals surface area contributed by atoms with Crippen molar-refractivity contribution in [2.75, 3.05) is 10.7 Å². The molecule has 2 heterocycles. The van der Waals surface area contributed by atoms with Gasteiger partial charge in [-0.1, -0.05) is 41.7 Å². The van der Waals surface area contributed by atoms with Gasteiger partial charge in [-0.2, -0.15) is 0 Å². The zero-order chi connectivity index (χ0) is 18.1. The summed E-state index contributed by atoms with van der Waals surface area (Å²) in [5, 5.41) is 20.2. The number of hydrogen-bond acceptors (Lipinski definition) is 7. The summed E-state index contributed by atoms with van der Waals surface area (Å²) in [4.78, 5) is 24.4. The molecule has 1 unspecified atom stereocenters. The highest BCUT2D eigenvalue weighted by Gasteiger charge is 2.36. The number of nitro groups is 1. The Balaban J connectivity index is 1.65.